The van der Waals surface area contributed by atoms with Crippen LogP contribution in [-0.2, 0) is 10.2 Å². The summed E-state index contributed by atoms with van der Waals surface area (Å²) in [5, 5.41) is 5.78. The molecule has 1 aromatic heterocycles. The molecule has 16 heavy (non-hydrogen) atoms. The van der Waals surface area contributed by atoms with Gasteiger partial charge in [-0.15, -0.1) is 0 Å². The lowest BCUT2D eigenvalue weighted by Crippen LogP contribution is -1.93. The summed E-state index contributed by atoms with van der Waals surface area (Å²) in [6.45, 7) is 3.95. The normalized spacial score (nSPS) is 12.5. The molecule has 0 amide bonds. The molecule has 6 heteroatoms. The van der Waals surface area contributed by atoms with Crippen LogP contribution < -0.4 is 0 Å². The highest BCUT2D eigenvalue weighted by Crippen LogP contribution is 2.25. The van der Waals surface area contributed by atoms with Crippen LogP contribution in [0.25, 0.3) is 10.9 Å². The highest BCUT2D eigenvalue weighted by Gasteiger charge is 2.19. The van der Waals surface area contributed by atoms with Gasteiger partial charge in [-0.25, -0.2) is 0 Å². The molecule has 0 aliphatic rings. The average molecular weight is 242 g/mol. The minimum atomic E-state index is -4.75. The molecule has 0 unspecified atom stereocenters. The van der Waals surface area contributed by atoms with Crippen molar-refractivity contribution < 1.29 is 12.3 Å². The van der Waals surface area contributed by atoms with Gasteiger partial charge in [0.15, 0.2) is 5.03 Å². The summed E-state index contributed by atoms with van der Waals surface area (Å²) < 4.78 is 34.6. The zero-order valence-electron chi connectivity index (χ0n) is 8.86. The molecule has 0 aliphatic carbocycles. The second kappa shape index (κ2) is 3.55. The van der Waals surface area contributed by atoms with Gasteiger partial charge in [0, 0.05) is 5.39 Å². The van der Waals surface area contributed by atoms with E-state index in [1.165, 1.54) is 0 Å². The maximum atomic E-state index is 12.9. The third kappa shape index (κ3) is 1.80. The minimum Gasteiger partial charge on any atom is -0.264 e. The fraction of sp³-hybridized carbons (Fsp3) is 0.300. The van der Waals surface area contributed by atoms with Crippen LogP contribution in [0.3, 0.4) is 0 Å². The molecule has 0 atom stereocenters. The first kappa shape index (κ1) is 11.1. The summed E-state index contributed by atoms with van der Waals surface area (Å²) in [6, 6.07) is 5.17. The summed E-state index contributed by atoms with van der Waals surface area (Å²) in [6.07, 6.45) is 0. The predicted octanol–water partition coefficient (Wildman–Crippen LogP) is 2.34. The van der Waals surface area contributed by atoms with Crippen LogP contribution in [0.4, 0.5) is 3.89 Å². The standard InChI is InChI=1S/C10H11FN2O2S/c1-6(2)7-3-4-9-8(5-7)10(13-12-9)16(11,14)15/h3-6H,1-2H3,(H,12,13). The van der Waals surface area contributed by atoms with Crippen molar-refractivity contribution in [1.29, 1.82) is 0 Å². The van der Waals surface area contributed by atoms with Crippen LogP contribution in [0, 0.1) is 0 Å². The van der Waals surface area contributed by atoms with Crippen molar-refractivity contribution >= 4 is 21.1 Å². The molecule has 86 valence electrons. The quantitative estimate of drug-likeness (QED) is 0.822. The largest absolute Gasteiger partial charge is 0.349 e. The van der Waals surface area contributed by atoms with Crippen molar-refractivity contribution in [3.05, 3.63) is 23.8 Å². The summed E-state index contributed by atoms with van der Waals surface area (Å²) in [4.78, 5) is 0. The van der Waals surface area contributed by atoms with E-state index >= 15 is 0 Å². The Morgan fingerprint density at radius 1 is 1.38 bits per heavy atom. The summed E-state index contributed by atoms with van der Waals surface area (Å²) in [7, 11) is -4.75. The Bertz CT molecular complexity index is 631. The van der Waals surface area contributed by atoms with Gasteiger partial charge in [0.1, 0.15) is 0 Å². The van der Waals surface area contributed by atoms with Gasteiger partial charge in [-0.1, -0.05) is 23.8 Å². The van der Waals surface area contributed by atoms with Crippen molar-refractivity contribution in [2.75, 3.05) is 0 Å². The minimum absolute atomic E-state index is 0.245. The number of hydrogen-bond acceptors (Lipinski definition) is 3. The van der Waals surface area contributed by atoms with Crippen molar-refractivity contribution in [2.45, 2.75) is 24.8 Å². The lowest BCUT2D eigenvalue weighted by molar-refractivity contribution is 0.548. The third-order valence-corrected chi connectivity index (χ3v) is 3.25. The topological polar surface area (TPSA) is 62.8 Å². The van der Waals surface area contributed by atoms with Crippen molar-refractivity contribution in [3.8, 4) is 0 Å². The molecule has 0 saturated heterocycles. The van der Waals surface area contributed by atoms with E-state index in [9.17, 15) is 12.3 Å². The van der Waals surface area contributed by atoms with Gasteiger partial charge in [0.2, 0.25) is 0 Å². The summed E-state index contributed by atoms with van der Waals surface area (Å²) in [5.74, 6) is 0.245. The van der Waals surface area contributed by atoms with E-state index in [2.05, 4.69) is 10.2 Å². The predicted molar refractivity (Wildman–Crippen MR) is 58.5 cm³/mol. The number of nitrogens with one attached hydrogen (secondary N) is 1. The van der Waals surface area contributed by atoms with Gasteiger partial charge < -0.3 is 0 Å². The van der Waals surface area contributed by atoms with Crippen LogP contribution in [0.1, 0.15) is 25.3 Å². The van der Waals surface area contributed by atoms with Gasteiger partial charge in [-0.3, -0.25) is 5.10 Å². The van der Waals surface area contributed by atoms with E-state index in [0.717, 1.165) is 5.56 Å². The molecule has 1 N–H and O–H groups in total. The van der Waals surface area contributed by atoms with Crippen LogP contribution in [0.2, 0.25) is 0 Å². The van der Waals surface area contributed by atoms with Crippen LogP contribution in [0.15, 0.2) is 23.2 Å². The van der Waals surface area contributed by atoms with Crippen LogP contribution in [-0.4, -0.2) is 18.6 Å². The second-order valence-corrected chi connectivity index (χ2v) is 5.21. The Morgan fingerprint density at radius 3 is 2.62 bits per heavy atom. The van der Waals surface area contributed by atoms with Crippen molar-refractivity contribution in [2.24, 2.45) is 0 Å². The highest BCUT2D eigenvalue weighted by molar-refractivity contribution is 7.86. The van der Waals surface area contributed by atoms with Gasteiger partial charge in [0.25, 0.3) is 0 Å². The smallest absolute Gasteiger partial charge is 0.264 e. The molecule has 0 aliphatic heterocycles. The Balaban J connectivity index is 2.75. The molecule has 0 radical (unpaired) electrons. The average Bonchev–Trinajstić information content (AvgIpc) is 2.58. The van der Waals surface area contributed by atoms with E-state index in [1.54, 1.807) is 12.1 Å². The lowest BCUT2D eigenvalue weighted by atomic mass is 10.0. The molecule has 1 aromatic carbocycles. The molecule has 0 fully saturated rings. The monoisotopic (exact) mass is 242 g/mol. The number of fused-ring (bicyclic) bond motifs is 1. The SMILES string of the molecule is CC(C)c1ccc2n[nH]c(S(=O)(=O)F)c2c1. The maximum absolute atomic E-state index is 12.9. The summed E-state index contributed by atoms with van der Waals surface area (Å²) >= 11 is 0. The zero-order chi connectivity index (χ0) is 11.9. The van der Waals surface area contributed by atoms with Crippen molar-refractivity contribution in [1.82, 2.24) is 10.2 Å². The van der Waals surface area contributed by atoms with E-state index < -0.39 is 15.2 Å². The number of halogens is 1. The fourth-order valence-electron chi connectivity index (χ4n) is 1.55. The number of H-pyrrole nitrogens is 1. The molecule has 0 saturated carbocycles. The zero-order valence-corrected chi connectivity index (χ0v) is 9.68. The van der Waals surface area contributed by atoms with Crippen LogP contribution in [0.5, 0.6) is 0 Å². The number of aromatic nitrogens is 2. The van der Waals surface area contributed by atoms with E-state index in [0.29, 0.717) is 10.9 Å². The second-order valence-electron chi connectivity index (χ2n) is 3.92. The van der Waals surface area contributed by atoms with Gasteiger partial charge in [-0.2, -0.15) is 13.5 Å². The fourth-order valence-corrected chi connectivity index (χ4v) is 2.13. The number of nitrogens with zero attached hydrogens (tertiary/aromatic N) is 1. The first-order chi connectivity index (χ1) is 7.39. The number of hydrogen-bond donors (Lipinski definition) is 1. The van der Waals surface area contributed by atoms with Gasteiger partial charge in [0.05, 0.1) is 5.52 Å². The lowest BCUT2D eigenvalue weighted by Gasteiger charge is -2.04. The molecule has 2 aromatic rings. The first-order valence-electron chi connectivity index (χ1n) is 4.82. The van der Waals surface area contributed by atoms with Crippen LogP contribution >= 0.6 is 0 Å². The highest BCUT2D eigenvalue weighted by atomic mass is 32.3. The third-order valence-electron chi connectivity index (χ3n) is 2.45. The molecule has 2 rings (SSSR count). The number of rotatable bonds is 2. The molecule has 1 heterocycles. The first-order valence-corrected chi connectivity index (χ1v) is 6.20. The number of benzene rings is 1. The molecule has 4 nitrogen and oxygen atoms in total. The van der Waals surface area contributed by atoms with Crippen molar-refractivity contribution in [3.63, 3.8) is 0 Å². The Kier molecular flexibility index (Phi) is 2.46. The number of aromatic amines is 1. The molecule has 0 spiro atoms. The maximum Gasteiger partial charge on any atom is 0.349 e. The van der Waals surface area contributed by atoms with E-state index in [-0.39, 0.29) is 5.92 Å². The van der Waals surface area contributed by atoms with E-state index in [4.69, 9.17) is 0 Å². The molecule has 0 bridgehead atoms. The van der Waals surface area contributed by atoms with Gasteiger partial charge in [-0.05, 0) is 23.6 Å². The Hall–Kier alpha value is -1.43. The van der Waals surface area contributed by atoms with E-state index in [1.807, 2.05) is 19.9 Å². The van der Waals surface area contributed by atoms with Gasteiger partial charge >= 0.3 is 10.2 Å². The Labute approximate surface area is 92.7 Å². The Morgan fingerprint density at radius 2 is 2.06 bits per heavy atom. The molecular weight excluding hydrogens is 231 g/mol. The summed E-state index contributed by atoms with van der Waals surface area (Å²) in [5.41, 5.74) is 1.39. The molecular formula is C10H11FN2O2S.